The number of carboxylic acids is 1. The van der Waals surface area contributed by atoms with E-state index in [1.807, 2.05) is 63.6 Å². The number of aryl methyl sites for hydroxylation is 3. The van der Waals surface area contributed by atoms with Crippen molar-refractivity contribution in [1.29, 1.82) is 0 Å². The second kappa shape index (κ2) is 9.87. The van der Waals surface area contributed by atoms with Crippen LogP contribution in [0.1, 0.15) is 61.2 Å². The molecule has 1 N–H and O–H groups in total. The summed E-state index contributed by atoms with van der Waals surface area (Å²) in [6, 6.07) is 12.8. The van der Waals surface area contributed by atoms with E-state index >= 15 is 0 Å². The van der Waals surface area contributed by atoms with Crippen molar-refractivity contribution in [2.75, 3.05) is 6.61 Å². The fourth-order valence-corrected chi connectivity index (χ4v) is 5.18. The van der Waals surface area contributed by atoms with Crippen molar-refractivity contribution in [3.05, 3.63) is 82.4 Å². The van der Waals surface area contributed by atoms with Gasteiger partial charge in [-0.05, 0) is 100 Å². The summed E-state index contributed by atoms with van der Waals surface area (Å²) in [4.78, 5) is 17.5. The smallest absolute Gasteiger partial charge is 0.337 e. The summed E-state index contributed by atoms with van der Waals surface area (Å²) in [5, 5.41) is 11.1. The zero-order valence-corrected chi connectivity index (χ0v) is 22.5. The number of fused-ring (bicyclic) bond motifs is 2. The maximum atomic E-state index is 14.0. The molecule has 0 amide bonds. The summed E-state index contributed by atoms with van der Waals surface area (Å²) in [6.45, 7) is 10.5. The predicted octanol–water partition coefficient (Wildman–Crippen LogP) is 6.77. The van der Waals surface area contributed by atoms with Crippen molar-refractivity contribution in [1.82, 2.24) is 9.55 Å². The topological polar surface area (TPSA) is 73.6 Å². The molecule has 4 aromatic rings. The molecule has 1 atom stereocenters. The molecule has 2 aromatic heterocycles. The van der Waals surface area contributed by atoms with Crippen LogP contribution >= 0.6 is 0 Å². The molecule has 198 valence electrons. The lowest BCUT2D eigenvalue weighted by molar-refractivity contribution is -0.160. The number of ether oxygens (including phenoxy) is 2. The van der Waals surface area contributed by atoms with Crippen molar-refractivity contribution in [2.24, 2.45) is 0 Å². The molecule has 38 heavy (non-hydrogen) atoms. The molecule has 7 heteroatoms. The lowest BCUT2D eigenvalue weighted by atomic mass is 9.90. The van der Waals surface area contributed by atoms with Crippen LogP contribution in [-0.2, 0) is 22.5 Å². The Morgan fingerprint density at radius 1 is 1.18 bits per heavy atom. The Labute approximate surface area is 222 Å². The lowest BCUT2D eigenvalue weighted by Crippen LogP contribution is -2.28. The summed E-state index contributed by atoms with van der Waals surface area (Å²) in [5.74, 6) is -0.487. The Bertz CT molecular complexity index is 1530. The van der Waals surface area contributed by atoms with Gasteiger partial charge in [0.15, 0.2) is 6.10 Å². The maximum absolute atomic E-state index is 14.0. The first-order valence-corrected chi connectivity index (χ1v) is 12.9. The van der Waals surface area contributed by atoms with E-state index in [4.69, 9.17) is 14.5 Å². The van der Waals surface area contributed by atoms with Crippen LogP contribution in [0.5, 0.6) is 5.75 Å². The van der Waals surface area contributed by atoms with E-state index in [1.165, 1.54) is 6.07 Å². The van der Waals surface area contributed by atoms with Crippen molar-refractivity contribution < 1.29 is 23.8 Å². The summed E-state index contributed by atoms with van der Waals surface area (Å²) >= 11 is 0. The van der Waals surface area contributed by atoms with Crippen molar-refractivity contribution >= 4 is 17.0 Å². The summed E-state index contributed by atoms with van der Waals surface area (Å²) in [6.07, 6.45) is 2.55. The summed E-state index contributed by atoms with van der Waals surface area (Å²) in [7, 11) is 0. The van der Waals surface area contributed by atoms with Crippen molar-refractivity contribution in [3.63, 3.8) is 0 Å². The van der Waals surface area contributed by atoms with Gasteiger partial charge >= 0.3 is 5.97 Å². The summed E-state index contributed by atoms with van der Waals surface area (Å²) < 4.78 is 28.0. The highest BCUT2D eigenvalue weighted by molar-refractivity contribution is 5.98. The van der Waals surface area contributed by atoms with Crippen LogP contribution in [-0.4, -0.2) is 32.8 Å². The molecule has 0 radical (unpaired) electrons. The number of hydrogen-bond donors (Lipinski definition) is 1. The van der Waals surface area contributed by atoms with Crippen LogP contribution in [0.25, 0.3) is 22.2 Å². The Balaban J connectivity index is 1.75. The average Bonchev–Trinajstić information content (AvgIpc) is 3.25. The van der Waals surface area contributed by atoms with Gasteiger partial charge in [0.2, 0.25) is 0 Å². The van der Waals surface area contributed by atoms with E-state index in [-0.39, 0.29) is 5.82 Å². The predicted molar refractivity (Wildman–Crippen MR) is 145 cm³/mol. The van der Waals surface area contributed by atoms with Gasteiger partial charge in [0.1, 0.15) is 17.2 Å². The van der Waals surface area contributed by atoms with Gasteiger partial charge in [-0.25, -0.2) is 14.2 Å². The quantitative estimate of drug-likeness (QED) is 0.306. The monoisotopic (exact) mass is 516 g/mol. The molecule has 1 aliphatic rings. The van der Waals surface area contributed by atoms with Crippen molar-refractivity contribution in [2.45, 2.75) is 65.7 Å². The van der Waals surface area contributed by atoms with Gasteiger partial charge in [0.25, 0.3) is 0 Å². The molecule has 5 rings (SSSR count). The molecular weight excluding hydrogens is 483 g/mol. The zero-order valence-electron chi connectivity index (χ0n) is 22.5. The fourth-order valence-electron chi connectivity index (χ4n) is 5.18. The van der Waals surface area contributed by atoms with Crippen LogP contribution < -0.4 is 4.74 Å². The van der Waals surface area contributed by atoms with Gasteiger partial charge in [0.05, 0.1) is 12.2 Å². The first-order valence-electron chi connectivity index (χ1n) is 12.9. The highest BCUT2D eigenvalue weighted by Crippen LogP contribution is 2.41. The fraction of sp³-hybridized carbons (Fsp3) is 0.355. The first kappa shape index (κ1) is 25.9. The first-order chi connectivity index (χ1) is 18.0. The number of rotatable bonds is 6. The van der Waals surface area contributed by atoms with Crippen LogP contribution in [0.15, 0.2) is 48.7 Å². The second-order valence-electron chi connectivity index (χ2n) is 11.0. The normalized spacial score (nSPS) is 14.3. The van der Waals surface area contributed by atoms with Gasteiger partial charge in [0, 0.05) is 34.9 Å². The standard InChI is InChI=1S/C31H33FN2O4/c1-18-8-10-23(32)16-22(18)17-34-13-12-24-27(21-9-11-25-20(15-21)7-6-14-37-25)26(19(2)33-29(24)34)28(30(35)36)38-31(3,4)5/h8-13,15-16,28H,6-7,14,17H2,1-5H3,(H,35,36). The zero-order chi connectivity index (χ0) is 27.2. The van der Waals surface area contributed by atoms with E-state index in [2.05, 4.69) is 6.07 Å². The highest BCUT2D eigenvalue weighted by Gasteiger charge is 2.33. The number of halogens is 1. The number of carboxylic acid groups (broad SMARTS) is 1. The van der Waals surface area contributed by atoms with Gasteiger partial charge in [-0.1, -0.05) is 12.1 Å². The number of nitrogens with zero attached hydrogens (tertiary/aromatic N) is 2. The van der Waals surface area contributed by atoms with Gasteiger partial charge in [-0.3, -0.25) is 0 Å². The average molecular weight is 517 g/mol. The SMILES string of the molecule is Cc1ccc(F)cc1Cn1ccc2c(-c3ccc4c(c3)CCCO4)c(C(OC(C)(C)C)C(=O)O)c(C)nc21. The largest absolute Gasteiger partial charge is 0.493 e. The third kappa shape index (κ3) is 5.03. The Morgan fingerprint density at radius 2 is 1.97 bits per heavy atom. The molecule has 0 aliphatic carbocycles. The molecule has 1 unspecified atom stereocenters. The molecule has 6 nitrogen and oxygen atoms in total. The molecular formula is C31H33FN2O4. The maximum Gasteiger partial charge on any atom is 0.337 e. The number of hydrogen-bond acceptors (Lipinski definition) is 4. The van der Waals surface area contributed by atoms with Crippen molar-refractivity contribution in [3.8, 4) is 16.9 Å². The van der Waals surface area contributed by atoms with Gasteiger partial charge in [-0.15, -0.1) is 0 Å². The van der Waals surface area contributed by atoms with E-state index in [0.29, 0.717) is 30.1 Å². The molecule has 0 bridgehead atoms. The third-order valence-electron chi connectivity index (χ3n) is 6.94. The van der Waals surface area contributed by atoms with Crippen LogP contribution in [0.2, 0.25) is 0 Å². The lowest BCUT2D eigenvalue weighted by Gasteiger charge is -2.28. The molecule has 3 heterocycles. The molecule has 0 spiro atoms. The Morgan fingerprint density at radius 3 is 2.71 bits per heavy atom. The number of benzene rings is 2. The Hall–Kier alpha value is -3.71. The van der Waals surface area contributed by atoms with E-state index in [0.717, 1.165) is 51.8 Å². The van der Waals surface area contributed by atoms with E-state index in [1.54, 1.807) is 12.1 Å². The highest BCUT2D eigenvalue weighted by atomic mass is 19.1. The molecule has 2 aromatic carbocycles. The number of aliphatic carboxylic acids is 1. The van der Waals surface area contributed by atoms with Crippen LogP contribution in [0.3, 0.4) is 0 Å². The number of aromatic nitrogens is 2. The van der Waals surface area contributed by atoms with Gasteiger partial charge in [-0.2, -0.15) is 0 Å². The van der Waals surface area contributed by atoms with Gasteiger partial charge < -0.3 is 19.1 Å². The number of pyridine rings is 1. The minimum atomic E-state index is -1.21. The van der Waals surface area contributed by atoms with E-state index < -0.39 is 17.7 Å². The third-order valence-corrected chi connectivity index (χ3v) is 6.94. The van der Waals surface area contributed by atoms with Crippen LogP contribution in [0, 0.1) is 19.7 Å². The minimum Gasteiger partial charge on any atom is -0.493 e. The van der Waals surface area contributed by atoms with E-state index in [9.17, 15) is 14.3 Å². The molecule has 0 fully saturated rings. The molecule has 0 saturated heterocycles. The van der Waals surface area contributed by atoms with Crippen LogP contribution in [0.4, 0.5) is 4.39 Å². The minimum absolute atomic E-state index is 0.283. The second-order valence-corrected chi connectivity index (χ2v) is 11.0. The summed E-state index contributed by atoms with van der Waals surface area (Å²) in [5.41, 5.74) is 5.76. The Kier molecular flexibility index (Phi) is 6.73. The molecule has 0 saturated carbocycles. The molecule has 1 aliphatic heterocycles. The number of carbonyl (C=O) groups is 1.